The summed E-state index contributed by atoms with van der Waals surface area (Å²) in [5.41, 5.74) is 6.33. The van der Waals surface area contributed by atoms with Crippen molar-refractivity contribution in [3.63, 3.8) is 0 Å². The minimum absolute atomic E-state index is 0.0116. The van der Waals surface area contributed by atoms with Gasteiger partial charge in [-0.3, -0.25) is 25.2 Å². The lowest BCUT2D eigenvalue weighted by Gasteiger charge is -2.14. The van der Waals surface area contributed by atoms with Gasteiger partial charge < -0.3 is 9.47 Å². The number of rotatable bonds is 8. The van der Waals surface area contributed by atoms with Gasteiger partial charge in [0, 0.05) is 16.8 Å². The van der Waals surface area contributed by atoms with Crippen LogP contribution in [0.15, 0.2) is 71.6 Å². The van der Waals surface area contributed by atoms with Crippen LogP contribution in [0.25, 0.3) is 0 Å². The Morgan fingerprint density at radius 2 is 1.38 bits per heavy atom. The van der Waals surface area contributed by atoms with Crippen molar-refractivity contribution in [2.75, 3.05) is 18.9 Å². The quantitative estimate of drug-likeness (QED) is 0.423. The summed E-state index contributed by atoms with van der Waals surface area (Å²) in [6.07, 6.45) is 0.826. The highest BCUT2D eigenvalue weighted by atomic mass is 32.2. The highest BCUT2D eigenvalue weighted by molar-refractivity contribution is 7.92. The number of hydrazine groups is 1. The van der Waals surface area contributed by atoms with Crippen molar-refractivity contribution in [3.8, 4) is 11.5 Å². The summed E-state index contributed by atoms with van der Waals surface area (Å²) in [6.45, 7) is 2.00. The summed E-state index contributed by atoms with van der Waals surface area (Å²) in [5, 5.41) is 0. The summed E-state index contributed by atoms with van der Waals surface area (Å²) in [4.78, 5) is 24.6. The summed E-state index contributed by atoms with van der Waals surface area (Å²) >= 11 is 0. The molecule has 0 radical (unpaired) electrons. The Hall–Kier alpha value is -4.05. The predicted octanol–water partition coefficient (Wildman–Crippen LogP) is 3.14. The Kier molecular flexibility index (Phi) is 7.75. The number of aryl methyl sites for hydroxylation is 1. The fourth-order valence-corrected chi connectivity index (χ4v) is 4.30. The molecule has 0 saturated heterocycles. The molecule has 0 unspecified atom stereocenters. The Morgan fingerprint density at radius 3 is 1.94 bits per heavy atom. The third-order valence-electron chi connectivity index (χ3n) is 4.97. The van der Waals surface area contributed by atoms with Crippen molar-refractivity contribution >= 4 is 27.5 Å². The number of anilines is 1. The van der Waals surface area contributed by atoms with E-state index in [-0.39, 0.29) is 16.2 Å². The first kappa shape index (κ1) is 24.6. The molecule has 3 N–H and O–H groups in total. The molecule has 3 aromatic carbocycles. The van der Waals surface area contributed by atoms with Crippen molar-refractivity contribution in [1.29, 1.82) is 0 Å². The minimum Gasteiger partial charge on any atom is -0.497 e. The fraction of sp³-hybridized carbons (Fsp3) is 0.167. The second kappa shape index (κ2) is 10.7. The van der Waals surface area contributed by atoms with Crippen LogP contribution < -0.4 is 25.0 Å². The van der Waals surface area contributed by atoms with E-state index in [9.17, 15) is 18.0 Å². The maximum atomic E-state index is 13.0. The molecule has 0 heterocycles. The number of methoxy groups -OCH3 is 2. The zero-order valence-electron chi connectivity index (χ0n) is 18.9. The molecule has 2 amide bonds. The lowest BCUT2D eigenvalue weighted by molar-refractivity contribution is 0.0846. The van der Waals surface area contributed by atoms with Gasteiger partial charge >= 0.3 is 0 Å². The van der Waals surface area contributed by atoms with E-state index in [1.807, 2.05) is 19.1 Å². The summed E-state index contributed by atoms with van der Waals surface area (Å²) in [5.74, 6) is -0.596. The smallest absolute Gasteiger partial charge is 0.269 e. The van der Waals surface area contributed by atoms with Gasteiger partial charge in [0.1, 0.15) is 16.4 Å². The maximum absolute atomic E-state index is 13.0. The largest absolute Gasteiger partial charge is 0.497 e. The molecule has 34 heavy (non-hydrogen) atoms. The van der Waals surface area contributed by atoms with Crippen LogP contribution in [0.5, 0.6) is 11.5 Å². The van der Waals surface area contributed by atoms with Crippen molar-refractivity contribution in [2.24, 2.45) is 0 Å². The molecule has 9 nitrogen and oxygen atoms in total. The molecule has 0 atom stereocenters. The molecule has 3 rings (SSSR count). The molecule has 0 spiro atoms. The fourth-order valence-electron chi connectivity index (χ4n) is 3.05. The highest BCUT2D eigenvalue weighted by Gasteiger charge is 2.22. The molecule has 0 aliphatic rings. The average Bonchev–Trinajstić information content (AvgIpc) is 2.86. The molecular formula is C24H25N3O6S. The number of sulfonamides is 1. The van der Waals surface area contributed by atoms with E-state index in [1.165, 1.54) is 44.6 Å². The van der Waals surface area contributed by atoms with E-state index in [0.29, 0.717) is 17.0 Å². The van der Waals surface area contributed by atoms with Gasteiger partial charge in [-0.1, -0.05) is 19.1 Å². The third-order valence-corrected chi connectivity index (χ3v) is 6.37. The normalized spacial score (nSPS) is 10.8. The number of ether oxygens (including phenoxy) is 2. The zero-order chi connectivity index (χ0) is 24.7. The maximum Gasteiger partial charge on any atom is 0.269 e. The van der Waals surface area contributed by atoms with E-state index < -0.39 is 21.8 Å². The lowest BCUT2D eigenvalue weighted by atomic mass is 10.2. The number of hydrogen-bond donors (Lipinski definition) is 3. The van der Waals surface area contributed by atoms with Crippen LogP contribution in [-0.4, -0.2) is 34.5 Å². The number of hydrogen-bond acceptors (Lipinski definition) is 6. The van der Waals surface area contributed by atoms with E-state index in [2.05, 4.69) is 15.6 Å². The molecule has 0 saturated carbocycles. The van der Waals surface area contributed by atoms with Gasteiger partial charge in [0.25, 0.3) is 21.8 Å². The van der Waals surface area contributed by atoms with Crippen LogP contribution in [0.1, 0.15) is 33.2 Å². The molecule has 3 aromatic rings. The van der Waals surface area contributed by atoms with Crippen LogP contribution in [-0.2, 0) is 16.4 Å². The van der Waals surface area contributed by atoms with Gasteiger partial charge in [-0.15, -0.1) is 0 Å². The Balaban J connectivity index is 1.76. The van der Waals surface area contributed by atoms with E-state index in [1.54, 1.807) is 24.3 Å². The number of nitrogens with one attached hydrogen (secondary N) is 3. The highest BCUT2D eigenvalue weighted by Crippen LogP contribution is 2.27. The van der Waals surface area contributed by atoms with Gasteiger partial charge in [-0.05, 0) is 66.6 Å². The van der Waals surface area contributed by atoms with E-state index >= 15 is 0 Å². The zero-order valence-corrected chi connectivity index (χ0v) is 19.7. The van der Waals surface area contributed by atoms with Gasteiger partial charge in [-0.25, -0.2) is 8.42 Å². The van der Waals surface area contributed by atoms with Crippen LogP contribution in [0, 0.1) is 0 Å². The van der Waals surface area contributed by atoms with Crippen molar-refractivity contribution in [3.05, 3.63) is 83.4 Å². The Morgan fingerprint density at radius 1 is 0.794 bits per heavy atom. The second-order valence-corrected chi connectivity index (χ2v) is 8.81. The van der Waals surface area contributed by atoms with Crippen LogP contribution in [0.3, 0.4) is 0 Å². The standard InChI is InChI=1S/C24H25N3O6S/c1-4-16-5-10-19(11-6-16)27-34(30,31)22-15-18(9-14-21(22)33-3)24(29)26-25-23(28)17-7-12-20(32-2)13-8-17/h5-15,27H,4H2,1-3H3,(H,25,28)(H,26,29). The number of carbonyl (C=O) groups is 2. The first-order valence-electron chi connectivity index (χ1n) is 10.3. The predicted molar refractivity (Wildman–Crippen MR) is 128 cm³/mol. The van der Waals surface area contributed by atoms with Crippen molar-refractivity contribution in [1.82, 2.24) is 10.9 Å². The molecule has 0 bridgehead atoms. The van der Waals surface area contributed by atoms with Gasteiger partial charge in [0.15, 0.2) is 0 Å². The molecular weight excluding hydrogens is 458 g/mol. The molecule has 0 fully saturated rings. The van der Waals surface area contributed by atoms with Gasteiger partial charge in [-0.2, -0.15) is 0 Å². The lowest BCUT2D eigenvalue weighted by Crippen LogP contribution is -2.41. The molecule has 0 aliphatic carbocycles. The second-order valence-electron chi connectivity index (χ2n) is 7.16. The first-order chi connectivity index (χ1) is 16.3. The SMILES string of the molecule is CCc1ccc(NS(=O)(=O)c2cc(C(=O)NNC(=O)c3ccc(OC)cc3)ccc2OC)cc1. The van der Waals surface area contributed by atoms with Crippen molar-refractivity contribution < 1.29 is 27.5 Å². The Labute approximate surface area is 198 Å². The van der Waals surface area contributed by atoms with Crippen LogP contribution in [0.4, 0.5) is 5.69 Å². The number of benzene rings is 3. The molecule has 0 aromatic heterocycles. The number of carbonyl (C=O) groups excluding carboxylic acids is 2. The first-order valence-corrected chi connectivity index (χ1v) is 11.8. The molecule has 10 heteroatoms. The van der Waals surface area contributed by atoms with Gasteiger partial charge in [0.05, 0.1) is 14.2 Å². The van der Waals surface area contributed by atoms with E-state index in [4.69, 9.17) is 9.47 Å². The summed E-state index contributed by atoms with van der Waals surface area (Å²) in [7, 11) is -1.22. The topological polar surface area (TPSA) is 123 Å². The third kappa shape index (κ3) is 5.84. The minimum atomic E-state index is -4.07. The molecule has 0 aliphatic heterocycles. The monoisotopic (exact) mass is 483 g/mol. The van der Waals surface area contributed by atoms with Crippen molar-refractivity contribution in [2.45, 2.75) is 18.2 Å². The van der Waals surface area contributed by atoms with Gasteiger partial charge in [0.2, 0.25) is 0 Å². The average molecular weight is 484 g/mol. The van der Waals surface area contributed by atoms with Crippen LogP contribution in [0.2, 0.25) is 0 Å². The summed E-state index contributed by atoms with van der Waals surface area (Å²) < 4.78 is 38.7. The Bertz CT molecular complexity index is 1270. The van der Waals surface area contributed by atoms with Crippen LogP contribution >= 0.6 is 0 Å². The number of amides is 2. The van der Waals surface area contributed by atoms with E-state index in [0.717, 1.165) is 12.0 Å². The summed E-state index contributed by atoms with van der Waals surface area (Å²) in [6, 6.07) is 17.2. The molecule has 178 valence electrons.